The molecule has 1 aliphatic rings. The minimum atomic E-state index is -1.07. The number of carbonyl (C=O) groups excluding carboxylic acids is 1. The van der Waals surface area contributed by atoms with Crippen LogP contribution in [0.4, 0.5) is 5.69 Å². The number of aliphatic hydroxyl groups is 2. The molecule has 5 N–H and O–H groups in total. The molecule has 0 radical (unpaired) electrons. The third-order valence-electron chi connectivity index (χ3n) is 2.72. The van der Waals surface area contributed by atoms with Gasteiger partial charge >= 0.3 is 0 Å². The van der Waals surface area contributed by atoms with Crippen molar-refractivity contribution in [2.24, 2.45) is 5.73 Å². The molecule has 0 fully saturated rings. The highest BCUT2D eigenvalue weighted by Crippen LogP contribution is 2.32. The Morgan fingerprint density at radius 3 is 2.88 bits per heavy atom. The van der Waals surface area contributed by atoms with E-state index in [2.05, 4.69) is 5.32 Å². The van der Waals surface area contributed by atoms with Crippen molar-refractivity contribution >= 4 is 11.6 Å². The smallest absolute Gasteiger partial charge is 0.228 e. The zero-order valence-electron chi connectivity index (χ0n) is 8.68. The monoisotopic (exact) mass is 222 g/mol. The molecule has 1 heterocycles. The fourth-order valence-electron chi connectivity index (χ4n) is 1.86. The highest BCUT2D eigenvalue weighted by atomic mass is 16.3. The van der Waals surface area contributed by atoms with Crippen LogP contribution in [0.1, 0.15) is 17.2 Å². The van der Waals surface area contributed by atoms with E-state index in [1.807, 2.05) is 6.07 Å². The highest BCUT2D eigenvalue weighted by Gasteiger charge is 2.26. The summed E-state index contributed by atoms with van der Waals surface area (Å²) in [5, 5.41) is 22.0. The van der Waals surface area contributed by atoms with Crippen LogP contribution in [0.5, 0.6) is 0 Å². The Labute approximate surface area is 92.9 Å². The van der Waals surface area contributed by atoms with E-state index in [9.17, 15) is 15.0 Å². The van der Waals surface area contributed by atoms with Gasteiger partial charge in [0.05, 0.1) is 18.2 Å². The lowest BCUT2D eigenvalue weighted by Gasteiger charge is -2.18. The van der Waals surface area contributed by atoms with Crippen LogP contribution in [0.15, 0.2) is 18.2 Å². The van der Waals surface area contributed by atoms with E-state index in [0.29, 0.717) is 17.7 Å². The number of nitrogens with one attached hydrogen (secondary N) is 1. The molecule has 16 heavy (non-hydrogen) atoms. The molecule has 1 aliphatic heterocycles. The maximum atomic E-state index is 11.2. The topological polar surface area (TPSA) is 95.6 Å². The van der Waals surface area contributed by atoms with E-state index in [1.165, 1.54) is 0 Å². The molecule has 0 saturated heterocycles. The van der Waals surface area contributed by atoms with Crippen molar-refractivity contribution in [3.05, 3.63) is 29.3 Å². The molecule has 5 nitrogen and oxygen atoms in total. The normalized spacial score (nSPS) is 17.8. The summed E-state index contributed by atoms with van der Waals surface area (Å²) in [6.07, 6.45) is -1.78. The molecule has 1 aromatic carbocycles. The van der Waals surface area contributed by atoms with Crippen molar-refractivity contribution in [2.45, 2.75) is 18.6 Å². The summed E-state index contributed by atoms with van der Waals surface area (Å²) in [4.78, 5) is 11.2. The first-order chi connectivity index (χ1) is 7.63. The zero-order chi connectivity index (χ0) is 11.7. The van der Waals surface area contributed by atoms with E-state index in [0.717, 1.165) is 5.56 Å². The Bertz CT molecular complexity index is 420. The summed E-state index contributed by atoms with van der Waals surface area (Å²) in [6, 6.07) is 5.24. The third-order valence-corrected chi connectivity index (χ3v) is 2.72. The summed E-state index contributed by atoms with van der Waals surface area (Å²) >= 11 is 0. The number of amides is 1. The van der Waals surface area contributed by atoms with Crippen LogP contribution in [0.25, 0.3) is 0 Å². The predicted octanol–water partition coefficient (Wildman–Crippen LogP) is -0.466. The van der Waals surface area contributed by atoms with Gasteiger partial charge in [-0.3, -0.25) is 4.79 Å². The Kier molecular flexibility index (Phi) is 2.91. The maximum Gasteiger partial charge on any atom is 0.228 e. The summed E-state index contributed by atoms with van der Waals surface area (Å²) in [6.45, 7) is -0.0290. The first-order valence-corrected chi connectivity index (χ1v) is 5.11. The average Bonchev–Trinajstić information content (AvgIpc) is 2.66. The van der Waals surface area contributed by atoms with Gasteiger partial charge in [0.1, 0.15) is 6.10 Å². The van der Waals surface area contributed by atoms with E-state index >= 15 is 0 Å². The molecular weight excluding hydrogens is 208 g/mol. The first-order valence-electron chi connectivity index (χ1n) is 5.11. The minimum absolute atomic E-state index is 0.0290. The van der Waals surface area contributed by atoms with Gasteiger partial charge in [-0.15, -0.1) is 0 Å². The quantitative estimate of drug-likeness (QED) is 0.556. The molecule has 2 unspecified atom stereocenters. The summed E-state index contributed by atoms with van der Waals surface area (Å²) in [7, 11) is 0. The molecule has 86 valence electrons. The van der Waals surface area contributed by atoms with Gasteiger partial charge in [0.2, 0.25) is 5.91 Å². The third kappa shape index (κ3) is 1.80. The Balaban J connectivity index is 2.36. The van der Waals surface area contributed by atoms with Crippen LogP contribution in [0, 0.1) is 0 Å². The number of benzene rings is 1. The van der Waals surface area contributed by atoms with Gasteiger partial charge in [-0.05, 0) is 5.56 Å². The van der Waals surface area contributed by atoms with Crippen molar-refractivity contribution in [3.8, 4) is 0 Å². The summed E-state index contributed by atoms with van der Waals surface area (Å²) in [5.74, 6) is -0.100. The second kappa shape index (κ2) is 4.21. The van der Waals surface area contributed by atoms with Gasteiger partial charge in [-0.1, -0.05) is 18.2 Å². The molecule has 0 bridgehead atoms. The zero-order valence-corrected chi connectivity index (χ0v) is 8.68. The molecule has 0 aliphatic carbocycles. The lowest BCUT2D eigenvalue weighted by atomic mass is 9.99. The summed E-state index contributed by atoms with van der Waals surface area (Å²) < 4.78 is 0. The molecule has 2 rings (SSSR count). The van der Waals surface area contributed by atoms with Crippen molar-refractivity contribution in [1.29, 1.82) is 0 Å². The number of para-hydroxylation sites is 1. The Morgan fingerprint density at radius 1 is 1.44 bits per heavy atom. The van der Waals surface area contributed by atoms with Gasteiger partial charge in [-0.25, -0.2) is 0 Å². The second-order valence-electron chi connectivity index (χ2n) is 3.85. The largest absolute Gasteiger partial charge is 0.389 e. The number of rotatable bonds is 3. The number of aliphatic hydroxyl groups excluding tert-OH is 2. The highest BCUT2D eigenvalue weighted by molar-refractivity contribution is 6.00. The molecule has 0 aromatic heterocycles. The summed E-state index contributed by atoms with van der Waals surface area (Å²) in [5.41, 5.74) is 7.24. The number of anilines is 1. The Morgan fingerprint density at radius 2 is 2.19 bits per heavy atom. The van der Waals surface area contributed by atoms with Crippen molar-refractivity contribution < 1.29 is 15.0 Å². The van der Waals surface area contributed by atoms with E-state index in [-0.39, 0.29) is 12.5 Å². The number of fused-ring (bicyclic) bond motifs is 1. The van der Waals surface area contributed by atoms with E-state index < -0.39 is 12.2 Å². The van der Waals surface area contributed by atoms with Gasteiger partial charge in [-0.2, -0.15) is 0 Å². The van der Waals surface area contributed by atoms with Crippen molar-refractivity contribution in [1.82, 2.24) is 0 Å². The first kappa shape index (κ1) is 11.1. The van der Waals surface area contributed by atoms with Crippen LogP contribution in [0.2, 0.25) is 0 Å². The number of hydrogen-bond donors (Lipinski definition) is 4. The lowest BCUT2D eigenvalue weighted by molar-refractivity contribution is -0.115. The maximum absolute atomic E-state index is 11.2. The van der Waals surface area contributed by atoms with Crippen LogP contribution in [-0.2, 0) is 11.2 Å². The fraction of sp³-hybridized carbons (Fsp3) is 0.364. The van der Waals surface area contributed by atoms with Gasteiger partial charge in [0.25, 0.3) is 0 Å². The number of nitrogens with two attached hydrogens (primary N) is 1. The standard InChI is InChI=1S/C11H14N2O3/c12-5-8(14)11(16)7-3-1-2-6-4-9(15)13-10(6)7/h1-3,8,11,14,16H,4-5,12H2,(H,13,15). The fourth-order valence-corrected chi connectivity index (χ4v) is 1.86. The van der Waals surface area contributed by atoms with E-state index in [1.54, 1.807) is 12.1 Å². The van der Waals surface area contributed by atoms with Gasteiger partial charge in [0, 0.05) is 12.1 Å². The minimum Gasteiger partial charge on any atom is -0.389 e. The van der Waals surface area contributed by atoms with Crippen molar-refractivity contribution in [3.63, 3.8) is 0 Å². The predicted molar refractivity (Wildman–Crippen MR) is 58.8 cm³/mol. The number of hydrogen-bond acceptors (Lipinski definition) is 4. The molecule has 1 aromatic rings. The molecule has 2 atom stereocenters. The lowest BCUT2D eigenvalue weighted by Crippen LogP contribution is -2.27. The number of carbonyl (C=O) groups is 1. The van der Waals surface area contributed by atoms with Crippen LogP contribution in [-0.4, -0.2) is 28.8 Å². The molecule has 5 heteroatoms. The molecule has 0 saturated carbocycles. The van der Waals surface area contributed by atoms with Crippen LogP contribution in [0.3, 0.4) is 0 Å². The van der Waals surface area contributed by atoms with Crippen LogP contribution < -0.4 is 11.1 Å². The molecule has 1 amide bonds. The SMILES string of the molecule is NCC(O)C(O)c1cccc2c1NC(=O)C2. The van der Waals surface area contributed by atoms with Gasteiger partial charge in [0.15, 0.2) is 0 Å². The Hall–Kier alpha value is -1.43. The average molecular weight is 222 g/mol. The van der Waals surface area contributed by atoms with E-state index in [4.69, 9.17) is 5.73 Å². The molecule has 0 spiro atoms. The second-order valence-corrected chi connectivity index (χ2v) is 3.85. The van der Waals surface area contributed by atoms with Gasteiger partial charge < -0.3 is 21.3 Å². The molecular formula is C11H14N2O3. The van der Waals surface area contributed by atoms with Crippen LogP contribution >= 0.6 is 0 Å². The van der Waals surface area contributed by atoms with Crippen molar-refractivity contribution in [2.75, 3.05) is 11.9 Å².